The van der Waals surface area contributed by atoms with Crippen molar-refractivity contribution in [1.82, 2.24) is 19.8 Å². The quantitative estimate of drug-likeness (QED) is 0.661. The van der Waals surface area contributed by atoms with Crippen LogP contribution in [0.1, 0.15) is 54.2 Å². The van der Waals surface area contributed by atoms with Crippen LogP contribution in [0.15, 0.2) is 36.2 Å². The van der Waals surface area contributed by atoms with E-state index in [4.69, 9.17) is 11.6 Å². The highest BCUT2D eigenvalue weighted by atomic mass is 35.5. The van der Waals surface area contributed by atoms with Gasteiger partial charge in [0.2, 0.25) is 5.91 Å². The summed E-state index contributed by atoms with van der Waals surface area (Å²) in [7, 11) is 0. The lowest BCUT2D eigenvalue weighted by Crippen LogP contribution is -2.47. The van der Waals surface area contributed by atoms with Gasteiger partial charge in [-0.1, -0.05) is 47.5 Å². The molecule has 0 saturated heterocycles. The monoisotopic (exact) mass is 436 g/mol. The zero-order chi connectivity index (χ0) is 20.8. The first-order valence-electron chi connectivity index (χ1n) is 9.46. The van der Waals surface area contributed by atoms with E-state index in [1.165, 1.54) is 34.6 Å². The van der Waals surface area contributed by atoms with Crippen molar-refractivity contribution in [3.8, 4) is 0 Å². The van der Waals surface area contributed by atoms with E-state index in [1.807, 2.05) is 0 Å². The van der Waals surface area contributed by atoms with Gasteiger partial charge < -0.3 is 10.2 Å². The van der Waals surface area contributed by atoms with Crippen molar-refractivity contribution in [2.75, 3.05) is 6.54 Å². The Morgan fingerprint density at radius 2 is 2.14 bits per heavy atom. The molecule has 29 heavy (non-hydrogen) atoms. The standard InChI is InChI=1S/C20H22ClFN4O2S/c1-2-11-26(20(28)16-12-29-25-24-16)18(17-14(21)9-6-10-15(17)22)19(27)23-13-7-4-3-5-8-13/h2,6,9-10,12-13,18H,1,3-5,7-8,11H2,(H,23,27). The van der Waals surface area contributed by atoms with Gasteiger partial charge in [-0.25, -0.2) is 4.39 Å². The van der Waals surface area contributed by atoms with Gasteiger partial charge in [-0.3, -0.25) is 9.59 Å². The minimum Gasteiger partial charge on any atom is -0.351 e. The lowest BCUT2D eigenvalue weighted by atomic mass is 9.94. The van der Waals surface area contributed by atoms with Crippen molar-refractivity contribution < 1.29 is 14.0 Å². The molecule has 1 saturated carbocycles. The molecule has 1 atom stereocenters. The molecule has 0 radical (unpaired) electrons. The van der Waals surface area contributed by atoms with Crippen molar-refractivity contribution in [3.05, 3.63) is 58.3 Å². The first-order valence-corrected chi connectivity index (χ1v) is 10.7. The summed E-state index contributed by atoms with van der Waals surface area (Å²) in [6.07, 6.45) is 6.37. The smallest absolute Gasteiger partial charge is 0.276 e. The number of halogens is 2. The fourth-order valence-corrected chi connectivity index (χ4v) is 4.27. The van der Waals surface area contributed by atoms with Crippen LogP contribution in [-0.4, -0.2) is 38.9 Å². The second-order valence-corrected chi connectivity index (χ2v) is 7.93. The Bertz CT molecular complexity index is 851. The van der Waals surface area contributed by atoms with Gasteiger partial charge in [0, 0.05) is 28.6 Å². The number of amides is 2. The Morgan fingerprint density at radius 3 is 2.76 bits per heavy atom. The molecular formula is C20H22ClFN4O2S. The highest BCUT2D eigenvalue weighted by molar-refractivity contribution is 7.03. The van der Waals surface area contributed by atoms with Gasteiger partial charge in [-0.05, 0) is 36.5 Å². The van der Waals surface area contributed by atoms with E-state index in [0.717, 1.165) is 43.6 Å². The minimum absolute atomic E-state index is 0.00841. The van der Waals surface area contributed by atoms with Crippen LogP contribution in [0.2, 0.25) is 5.02 Å². The Balaban J connectivity index is 2.01. The lowest BCUT2D eigenvalue weighted by molar-refractivity contribution is -0.126. The molecule has 1 aromatic heterocycles. The molecule has 0 bridgehead atoms. The van der Waals surface area contributed by atoms with Crippen LogP contribution in [0.25, 0.3) is 0 Å². The summed E-state index contributed by atoms with van der Waals surface area (Å²) < 4.78 is 18.5. The number of carbonyl (C=O) groups is 2. The lowest BCUT2D eigenvalue weighted by Gasteiger charge is -2.32. The van der Waals surface area contributed by atoms with Gasteiger partial charge in [0.05, 0.1) is 0 Å². The van der Waals surface area contributed by atoms with Crippen LogP contribution in [-0.2, 0) is 4.79 Å². The van der Waals surface area contributed by atoms with Crippen LogP contribution in [0.5, 0.6) is 0 Å². The third-order valence-corrected chi connectivity index (χ3v) is 5.78. The van der Waals surface area contributed by atoms with Gasteiger partial charge in [0.25, 0.3) is 5.91 Å². The maximum absolute atomic E-state index is 14.8. The predicted molar refractivity (Wildman–Crippen MR) is 110 cm³/mol. The number of hydrogen-bond donors (Lipinski definition) is 1. The summed E-state index contributed by atoms with van der Waals surface area (Å²) in [5.74, 6) is -1.66. The van der Waals surface area contributed by atoms with Crippen molar-refractivity contribution in [2.45, 2.75) is 44.2 Å². The van der Waals surface area contributed by atoms with Crippen LogP contribution < -0.4 is 5.32 Å². The van der Waals surface area contributed by atoms with Crippen molar-refractivity contribution >= 4 is 34.9 Å². The molecular weight excluding hydrogens is 415 g/mol. The Hall–Kier alpha value is -2.32. The number of hydrogen-bond acceptors (Lipinski definition) is 5. The summed E-state index contributed by atoms with van der Waals surface area (Å²) in [4.78, 5) is 27.6. The number of carbonyl (C=O) groups excluding carboxylic acids is 2. The second-order valence-electron chi connectivity index (χ2n) is 6.92. The number of rotatable bonds is 7. The summed E-state index contributed by atoms with van der Waals surface area (Å²) in [5.41, 5.74) is 0.0423. The number of benzene rings is 1. The molecule has 1 N–H and O–H groups in total. The molecule has 1 unspecified atom stereocenters. The molecule has 154 valence electrons. The molecule has 0 aliphatic heterocycles. The first-order chi connectivity index (χ1) is 14.0. The topological polar surface area (TPSA) is 75.2 Å². The molecule has 1 aliphatic carbocycles. The van der Waals surface area contributed by atoms with E-state index in [1.54, 1.807) is 0 Å². The third-order valence-electron chi connectivity index (χ3n) is 4.95. The molecule has 2 amide bonds. The minimum atomic E-state index is -1.25. The largest absolute Gasteiger partial charge is 0.351 e. The van der Waals surface area contributed by atoms with E-state index in [9.17, 15) is 14.0 Å². The third kappa shape index (κ3) is 5.00. The molecule has 6 nitrogen and oxygen atoms in total. The van der Waals surface area contributed by atoms with Crippen molar-refractivity contribution in [3.63, 3.8) is 0 Å². The Morgan fingerprint density at radius 1 is 1.38 bits per heavy atom. The molecule has 1 heterocycles. The number of nitrogens with one attached hydrogen (secondary N) is 1. The molecule has 3 rings (SSSR count). The van der Waals surface area contributed by atoms with E-state index in [-0.39, 0.29) is 28.9 Å². The van der Waals surface area contributed by atoms with Gasteiger partial charge in [0.1, 0.15) is 11.9 Å². The van der Waals surface area contributed by atoms with Gasteiger partial charge in [0.15, 0.2) is 5.69 Å². The summed E-state index contributed by atoms with van der Waals surface area (Å²) in [6.45, 7) is 3.69. The summed E-state index contributed by atoms with van der Waals surface area (Å²) in [5, 5.41) is 8.34. The van der Waals surface area contributed by atoms with Crippen molar-refractivity contribution in [2.24, 2.45) is 0 Å². The highest BCUT2D eigenvalue weighted by Crippen LogP contribution is 2.32. The Labute approximate surface area is 177 Å². The van der Waals surface area contributed by atoms with Crippen molar-refractivity contribution in [1.29, 1.82) is 0 Å². The summed E-state index contributed by atoms with van der Waals surface area (Å²) in [6, 6.07) is 2.93. The van der Waals surface area contributed by atoms with Crippen LogP contribution in [0.4, 0.5) is 4.39 Å². The maximum Gasteiger partial charge on any atom is 0.276 e. The van der Waals surface area contributed by atoms with Gasteiger partial charge in [-0.2, -0.15) is 0 Å². The Kier molecular flexibility index (Phi) is 7.33. The molecule has 9 heteroatoms. The average molecular weight is 437 g/mol. The zero-order valence-electron chi connectivity index (χ0n) is 15.8. The van der Waals surface area contributed by atoms with Gasteiger partial charge >= 0.3 is 0 Å². The number of nitrogens with zero attached hydrogens (tertiary/aromatic N) is 3. The fourth-order valence-electron chi connectivity index (χ4n) is 3.58. The first kappa shape index (κ1) is 21.4. The number of aromatic nitrogens is 2. The average Bonchev–Trinajstić information content (AvgIpc) is 3.24. The molecule has 1 aromatic carbocycles. The van der Waals surface area contributed by atoms with E-state index >= 15 is 0 Å². The molecule has 2 aromatic rings. The van der Waals surface area contributed by atoms with E-state index in [2.05, 4.69) is 21.5 Å². The van der Waals surface area contributed by atoms with Crippen LogP contribution in [0, 0.1) is 5.82 Å². The molecule has 1 fully saturated rings. The van der Waals surface area contributed by atoms with Gasteiger partial charge in [-0.15, -0.1) is 11.7 Å². The second kappa shape index (κ2) is 9.93. The maximum atomic E-state index is 14.8. The molecule has 0 spiro atoms. The summed E-state index contributed by atoms with van der Waals surface area (Å²) >= 11 is 7.29. The zero-order valence-corrected chi connectivity index (χ0v) is 17.4. The van der Waals surface area contributed by atoms with E-state index in [0.29, 0.717) is 0 Å². The van der Waals surface area contributed by atoms with Crippen LogP contribution in [0.3, 0.4) is 0 Å². The SMILES string of the molecule is C=CCN(C(=O)c1csnn1)C(C(=O)NC1CCCCC1)c1c(F)cccc1Cl. The molecule has 1 aliphatic rings. The van der Waals surface area contributed by atoms with Crippen LogP contribution >= 0.6 is 23.1 Å². The fraction of sp³-hybridized carbons (Fsp3) is 0.400. The van der Waals surface area contributed by atoms with E-state index < -0.39 is 23.7 Å². The normalized spacial score (nSPS) is 15.5. The predicted octanol–water partition coefficient (Wildman–Crippen LogP) is 4.15. The highest BCUT2D eigenvalue weighted by Gasteiger charge is 2.36.